The van der Waals surface area contributed by atoms with E-state index in [1.54, 1.807) is 0 Å². The molecule has 0 saturated carbocycles. The molecule has 2 N–H and O–H groups in total. The van der Waals surface area contributed by atoms with Gasteiger partial charge in [-0.15, -0.1) is 0 Å². The van der Waals surface area contributed by atoms with Crippen molar-refractivity contribution in [2.24, 2.45) is 5.92 Å². The van der Waals surface area contributed by atoms with Gasteiger partial charge in [-0.1, -0.05) is 19.1 Å². The summed E-state index contributed by atoms with van der Waals surface area (Å²) in [6.07, 6.45) is 5.04. The maximum absolute atomic E-state index is 12.7. The Morgan fingerprint density at radius 3 is 2.68 bits per heavy atom. The number of piperidine rings is 1. The van der Waals surface area contributed by atoms with E-state index in [1.165, 1.54) is 5.56 Å². The van der Waals surface area contributed by atoms with Gasteiger partial charge in [-0.25, -0.2) is 0 Å². The van der Waals surface area contributed by atoms with Crippen molar-refractivity contribution in [3.8, 4) is 0 Å². The molecule has 0 unspecified atom stereocenters. The lowest BCUT2D eigenvalue weighted by Gasteiger charge is -2.33. The second kappa shape index (κ2) is 8.48. The fourth-order valence-electron chi connectivity index (χ4n) is 3.76. The first-order valence-electron chi connectivity index (χ1n) is 9.56. The van der Waals surface area contributed by atoms with Crippen molar-refractivity contribution >= 4 is 11.8 Å². The SMILES string of the molecule is CCc1ccc(C(=O)N2CCC[C@@H](CNC(=O)[C@H]3CCCN3)C2)cc1. The van der Waals surface area contributed by atoms with Crippen LogP contribution in [0.25, 0.3) is 0 Å². The molecule has 2 saturated heterocycles. The van der Waals surface area contributed by atoms with Crippen molar-refractivity contribution in [3.05, 3.63) is 35.4 Å². The maximum Gasteiger partial charge on any atom is 0.253 e. The highest BCUT2D eigenvalue weighted by atomic mass is 16.2. The van der Waals surface area contributed by atoms with Gasteiger partial charge in [0.05, 0.1) is 6.04 Å². The van der Waals surface area contributed by atoms with Crippen LogP contribution in [0, 0.1) is 5.92 Å². The summed E-state index contributed by atoms with van der Waals surface area (Å²) in [5.74, 6) is 0.560. The van der Waals surface area contributed by atoms with Crippen molar-refractivity contribution in [1.82, 2.24) is 15.5 Å². The number of amides is 2. The number of hydrogen-bond acceptors (Lipinski definition) is 3. The van der Waals surface area contributed by atoms with Gasteiger partial charge in [-0.2, -0.15) is 0 Å². The summed E-state index contributed by atoms with van der Waals surface area (Å²) in [6.45, 7) is 5.24. The number of carbonyl (C=O) groups excluding carboxylic acids is 2. The maximum atomic E-state index is 12.7. The van der Waals surface area contributed by atoms with Gasteiger partial charge < -0.3 is 15.5 Å². The molecule has 0 bridgehead atoms. The molecule has 0 spiro atoms. The van der Waals surface area contributed by atoms with Gasteiger partial charge in [0.25, 0.3) is 5.91 Å². The van der Waals surface area contributed by atoms with Crippen LogP contribution in [0.1, 0.15) is 48.5 Å². The second-order valence-electron chi connectivity index (χ2n) is 7.20. The third-order valence-corrected chi connectivity index (χ3v) is 5.36. The molecule has 2 fully saturated rings. The Hall–Kier alpha value is -1.88. The smallest absolute Gasteiger partial charge is 0.253 e. The Bertz CT molecular complexity index is 593. The lowest BCUT2D eigenvalue weighted by Crippen LogP contribution is -2.46. The molecule has 5 nitrogen and oxygen atoms in total. The van der Waals surface area contributed by atoms with Crippen LogP contribution in [0.4, 0.5) is 0 Å². The third-order valence-electron chi connectivity index (χ3n) is 5.36. The number of benzene rings is 1. The van der Waals surface area contributed by atoms with Crippen LogP contribution >= 0.6 is 0 Å². The number of rotatable bonds is 5. The Kier molecular flexibility index (Phi) is 6.08. The van der Waals surface area contributed by atoms with E-state index in [2.05, 4.69) is 17.6 Å². The zero-order valence-corrected chi connectivity index (χ0v) is 15.1. The first-order valence-corrected chi connectivity index (χ1v) is 9.56. The van der Waals surface area contributed by atoms with Gasteiger partial charge >= 0.3 is 0 Å². The standard InChI is InChI=1S/C20H29N3O2/c1-2-15-7-9-17(10-8-15)20(25)23-12-4-5-16(14-23)13-22-19(24)18-6-3-11-21-18/h7-10,16,18,21H,2-6,11-14H2,1H3,(H,22,24)/t16-,18+/m0/s1. The Balaban J connectivity index is 1.51. The molecule has 0 radical (unpaired) electrons. The molecule has 2 amide bonds. The zero-order chi connectivity index (χ0) is 17.6. The first kappa shape index (κ1) is 17.9. The largest absolute Gasteiger partial charge is 0.354 e. The fourth-order valence-corrected chi connectivity index (χ4v) is 3.76. The van der Waals surface area contributed by atoms with Crippen LogP contribution < -0.4 is 10.6 Å². The van der Waals surface area contributed by atoms with Crippen molar-refractivity contribution in [3.63, 3.8) is 0 Å². The topological polar surface area (TPSA) is 61.4 Å². The van der Waals surface area contributed by atoms with Crippen molar-refractivity contribution in [2.75, 3.05) is 26.2 Å². The third kappa shape index (κ3) is 4.60. The predicted octanol–water partition coefficient (Wildman–Crippen LogP) is 1.97. The van der Waals surface area contributed by atoms with E-state index in [1.807, 2.05) is 29.2 Å². The minimum absolute atomic E-state index is 0.0293. The summed E-state index contributed by atoms with van der Waals surface area (Å²) >= 11 is 0. The van der Waals surface area contributed by atoms with Gasteiger partial charge in [-0.05, 0) is 62.3 Å². The summed E-state index contributed by atoms with van der Waals surface area (Å²) in [5, 5.41) is 6.29. The van der Waals surface area contributed by atoms with Crippen LogP contribution in [0.15, 0.2) is 24.3 Å². The van der Waals surface area contributed by atoms with Crippen molar-refractivity contribution in [2.45, 2.75) is 45.1 Å². The Labute approximate surface area is 150 Å². The van der Waals surface area contributed by atoms with E-state index in [-0.39, 0.29) is 17.9 Å². The van der Waals surface area contributed by atoms with E-state index in [4.69, 9.17) is 0 Å². The molecule has 2 atom stereocenters. The van der Waals surface area contributed by atoms with Gasteiger partial charge in [-0.3, -0.25) is 9.59 Å². The molecule has 1 aromatic carbocycles. The quantitative estimate of drug-likeness (QED) is 0.859. The summed E-state index contributed by atoms with van der Waals surface area (Å²) < 4.78 is 0. The van der Waals surface area contributed by atoms with Gasteiger partial charge in [0.1, 0.15) is 0 Å². The predicted molar refractivity (Wildman–Crippen MR) is 98.5 cm³/mol. The number of hydrogen-bond donors (Lipinski definition) is 2. The molecule has 3 rings (SSSR count). The van der Waals surface area contributed by atoms with Crippen LogP contribution in [-0.4, -0.2) is 48.9 Å². The highest BCUT2D eigenvalue weighted by molar-refractivity contribution is 5.94. The van der Waals surface area contributed by atoms with Gasteiger partial charge in [0, 0.05) is 25.2 Å². The van der Waals surface area contributed by atoms with Gasteiger partial charge in [0.15, 0.2) is 0 Å². The first-order chi connectivity index (χ1) is 12.2. The molecule has 1 aromatic rings. The highest BCUT2D eigenvalue weighted by Gasteiger charge is 2.26. The summed E-state index contributed by atoms with van der Waals surface area (Å²) in [6, 6.07) is 7.89. The van der Waals surface area contributed by atoms with Crippen LogP contribution in [-0.2, 0) is 11.2 Å². The van der Waals surface area contributed by atoms with Crippen LogP contribution in [0.3, 0.4) is 0 Å². The molecule has 2 aliphatic heterocycles. The molecule has 136 valence electrons. The lowest BCUT2D eigenvalue weighted by atomic mass is 9.97. The van der Waals surface area contributed by atoms with Crippen LogP contribution in [0.2, 0.25) is 0 Å². The molecule has 0 aliphatic carbocycles. The number of nitrogens with zero attached hydrogens (tertiary/aromatic N) is 1. The van der Waals surface area contributed by atoms with E-state index in [9.17, 15) is 9.59 Å². The molecular formula is C20H29N3O2. The number of likely N-dealkylation sites (tertiary alicyclic amines) is 1. The number of carbonyl (C=O) groups is 2. The molecule has 5 heteroatoms. The van der Waals surface area contributed by atoms with E-state index >= 15 is 0 Å². The average Bonchev–Trinajstić information content (AvgIpc) is 3.21. The fraction of sp³-hybridized carbons (Fsp3) is 0.600. The number of aryl methyl sites for hydroxylation is 1. The average molecular weight is 343 g/mol. The normalized spacial score (nSPS) is 23.5. The van der Waals surface area contributed by atoms with E-state index in [0.29, 0.717) is 12.5 Å². The molecule has 2 heterocycles. The van der Waals surface area contributed by atoms with Crippen molar-refractivity contribution < 1.29 is 9.59 Å². The van der Waals surface area contributed by atoms with E-state index < -0.39 is 0 Å². The summed E-state index contributed by atoms with van der Waals surface area (Å²) in [7, 11) is 0. The van der Waals surface area contributed by atoms with Crippen molar-refractivity contribution in [1.29, 1.82) is 0 Å². The Morgan fingerprint density at radius 2 is 2.00 bits per heavy atom. The van der Waals surface area contributed by atoms with Gasteiger partial charge in [0.2, 0.25) is 5.91 Å². The summed E-state index contributed by atoms with van der Waals surface area (Å²) in [5.41, 5.74) is 2.01. The monoisotopic (exact) mass is 343 g/mol. The van der Waals surface area contributed by atoms with Crippen LogP contribution in [0.5, 0.6) is 0 Å². The minimum atomic E-state index is -0.0293. The second-order valence-corrected chi connectivity index (χ2v) is 7.20. The molecular weight excluding hydrogens is 314 g/mol. The molecule has 25 heavy (non-hydrogen) atoms. The molecule has 2 aliphatic rings. The molecule has 0 aromatic heterocycles. The summed E-state index contributed by atoms with van der Waals surface area (Å²) in [4.78, 5) is 26.8. The highest BCUT2D eigenvalue weighted by Crippen LogP contribution is 2.19. The zero-order valence-electron chi connectivity index (χ0n) is 15.1. The number of nitrogens with one attached hydrogen (secondary N) is 2. The Morgan fingerprint density at radius 1 is 1.20 bits per heavy atom. The minimum Gasteiger partial charge on any atom is -0.354 e. The van der Waals surface area contributed by atoms with E-state index in [0.717, 1.165) is 57.3 Å². The lowest BCUT2D eigenvalue weighted by molar-refractivity contribution is -0.123.